The zero-order chi connectivity index (χ0) is 15.7. The van der Waals surface area contributed by atoms with Gasteiger partial charge in [0.1, 0.15) is 4.83 Å². The van der Waals surface area contributed by atoms with E-state index in [0.717, 1.165) is 15.3 Å². The number of fused-ring (bicyclic) bond motifs is 1. The molecule has 0 aliphatic heterocycles. The highest BCUT2D eigenvalue weighted by Gasteiger charge is 2.08. The third-order valence-electron chi connectivity index (χ3n) is 3.05. The Bertz CT molecular complexity index is 915. The minimum atomic E-state index is -0.950. The second-order valence-corrected chi connectivity index (χ2v) is 6.94. The number of H-pyrrole nitrogens is 1. The highest BCUT2D eigenvalue weighted by atomic mass is 32.2. The van der Waals surface area contributed by atoms with Crippen LogP contribution in [-0.4, -0.2) is 21.0 Å². The number of hydrogen-bond acceptors (Lipinski definition) is 5. The Kier molecular flexibility index (Phi) is 4.00. The Morgan fingerprint density at radius 1 is 1.41 bits per heavy atom. The number of aromatic carboxylic acids is 1. The van der Waals surface area contributed by atoms with Gasteiger partial charge in [0, 0.05) is 10.6 Å². The van der Waals surface area contributed by atoms with Crippen molar-refractivity contribution in [1.82, 2.24) is 9.97 Å². The molecule has 0 saturated carbocycles. The van der Waals surface area contributed by atoms with Crippen molar-refractivity contribution >= 4 is 39.3 Å². The molecular weight excluding hydrogens is 320 g/mol. The maximum absolute atomic E-state index is 12.0. The molecule has 2 heterocycles. The summed E-state index contributed by atoms with van der Waals surface area (Å²) in [5.41, 5.74) is 0.982. The number of thioether (sulfide) groups is 1. The number of benzene rings is 1. The molecule has 0 fully saturated rings. The number of aromatic nitrogens is 2. The molecule has 5 nitrogen and oxygen atoms in total. The van der Waals surface area contributed by atoms with E-state index in [1.165, 1.54) is 23.1 Å². The molecule has 0 aliphatic carbocycles. The van der Waals surface area contributed by atoms with Crippen molar-refractivity contribution in [2.45, 2.75) is 17.8 Å². The normalized spacial score (nSPS) is 11.0. The van der Waals surface area contributed by atoms with Crippen LogP contribution >= 0.6 is 23.1 Å². The van der Waals surface area contributed by atoms with Crippen LogP contribution in [0.1, 0.15) is 20.8 Å². The average Bonchev–Trinajstić information content (AvgIpc) is 2.86. The lowest BCUT2D eigenvalue weighted by Gasteiger charge is -2.03. The summed E-state index contributed by atoms with van der Waals surface area (Å²) >= 11 is 2.87. The summed E-state index contributed by atoms with van der Waals surface area (Å²) in [5, 5.41) is 10.1. The van der Waals surface area contributed by atoms with E-state index in [1.54, 1.807) is 18.2 Å². The van der Waals surface area contributed by atoms with Crippen LogP contribution in [0.2, 0.25) is 0 Å². The number of nitrogens with one attached hydrogen (secondary N) is 1. The third-order valence-corrected chi connectivity index (χ3v) is 4.94. The maximum Gasteiger partial charge on any atom is 0.335 e. The van der Waals surface area contributed by atoms with Gasteiger partial charge in [-0.25, -0.2) is 9.78 Å². The minimum Gasteiger partial charge on any atom is -0.478 e. The molecule has 112 valence electrons. The van der Waals surface area contributed by atoms with Crippen molar-refractivity contribution in [2.75, 3.05) is 0 Å². The lowest BCUT2D eigenvalue weighted by molar-refractivity contribution is 0.0697. The molecule has 3 aromatic rings. The topological polar surface area (TPSA) is 83.0 Å². The Hall–Kier alpha value is -2.12. The molecule has 3 rings (SSSR count). The van der Waals surface area contributed by atoms with Crippen molar-refractivity contribution < 1.29 is 9.90 Å². The molecule has 0 atom stereocenters. The summed E-state index contributed by atoms with van der Waals surface area (Å²) in [6.45, 7) is 1.94. The second-order valence-electron chi connectivity index (χ2n) is 4.74. The molecule has 7 heteroatoms. The van der Waals surface area contributed by atoms with E-state index in [2.05, 4.69) is 9.97 Å². The van der Waals surface area contributed by atoms with Crippen molar-refractivity contribution in [2.24, 2.45) is 0 Å². The second kappa shape index (κ2) is 5.94. The first kappa shape index (κ1) is 14.8. The Labute approximate surface area is 134 Å². The van der Waals surface area contributed by atoms with Gasteiger partial charge in [0.25, 0.3) is 5.56 Å². The zero-order valence-electron chi connectivity index (χ0n) is 11.6. The van der Waals surface area contributed by atoms with Crippen molar-refractivity contribution in [3.63, 3.8) is 0 Å². The summed E-state index contributed by atoms with van der Waals surface area (Å²) in [4.78, 5) is 31.9. The smallest absolute Gasteiger partial charge is 0.335 e. The van der Waals surface area contributed by atoms with E-state index >= 15 is 0 Å². The highest BCUT2D eigenvalue weighted by molar-refractivity contribution is 7.98. The molecule has 0 aliphatic rings. The van der Waals surface area contributed by atoms with Gasteiger partial charge in [-0.15, -0.1) is 11.3 Å². The highest BCUT2D eigenvalue weighted by Crippen LogP contribution is 2.24. The van der Waals surface area contributed by atoms with Gasteiger partial charge in [0.2, 0.25) is 0 Å². The number of nitrogens with zero attached hydrogens (tertiary/aromatic N) is 1. The first-order chi connectivity index (χ1) is 10.5. The van der Waals surface area contributed by atoms with Crippen molar-refractivity contribution in [1.29, 1.82) is 0 Å². The van der Waals surface area contributed by atoms with E-state index in [4.69, 9.17) is 5.11 Å². The van der Waals surface area contributed by atoms with Crippen LogP contribution in [0.5, 0.6) is 0 Å². The van der Waals surface area contributed by atoms with E-state index in [0.29, 0.717) is 16.3 Å². The van der Waals surface area contributed by atoms with E-state index in [1.807, 2.05) is 19.1 Å². The Balaban J connectivity index is 1.83. The van der Waals surface area contributed by atoms with Gasteiger partial charge in [-0.3, -0.25) is 4.79 Å². The molecule has 22 heavy (non-hydrogen) atoms. The number of thiophene rings is 1. The molecule has 2 N–H and O–H groups in total. The monoisotopic (exact) mass is 332 g/mol. The predicted molar refractivity (Wildman–Crippen MR) is 87.9 cm³/mol. The van der Waals surface area contributed by atoms with E-state index in [9.17, 15) is 9.59 Å². The standard InChI is InChI=1S/C15H12N2O3S2/c1-8-5-11-12(18)16-15(17-13(11)22-8)21-7-9-3-2-4-10(6-9)14(19)20/h2-6H,7H2,1H3,(H,19,20)(H,16,17,18). The molecule has 1 aromatic carbocycles. The maximum atomic E-state index is 12.0. The Morgan fingerprint density at radius 3 is 3.00 bits per heavy atom. The summed E-state index contributed by atoms with van der Waals surface area (Å²) in [7, 11) is 0. The molecule has 0 bridgehead atoms. The van der Waals surface area contributed by atoms with Crippen LogP contribution in [0.25, 0.3) is 10.2 Å². The van der Waals surface area contributed by atoms with Crippen LogP contribution in [0.15, 0.2) is 40.3 Å². The van der Waals surface area contributed by atoms with E-state index < -0.39 is 5.97 Å². The fourth-order valence-electron chi connectivity index (χ4n) is 2.05. The van der Waals surface area contributed by atoms with Crippen molar-refractivity contribution in [3.8, 4) is 0 Å². The molecule has 0 spiro atoms. The Morgan fingerprint density at radius 2 is 2.23 bits per heavy atom. The lowest BCUT2D eigenvalue weighted by atomic mass is 10.1. The third kappa shape index (κ3) is 3.05. The van der Waals surface area contributed by atoms with Gasteiger partial charge in [-0.05, 0) is 30.7 Å². The average molecular weight is 332 g/mol. The summed E-state index contributed by atoms with van der Waals surface area (Å²) in [5.74, 6) is -0.409. The zero-order valence-corrected chi connectivity index (χ0v) is 13.3. The molecule has 0 radical (unpaired) electrons. The van der Waals surface area contributed by atoms with Gasteiger partial charge in [0.15, 0.2) is 5.16 Å². The molecular formula is C15H12N2O3S2. The van der Waals surface area contributed by atoms with Crippen LogP contribution in [0.4, 0.5) is 0 Å². The van der Waals surface area contributed by atoms with Gasteiger partial charge < -0.3 is 10.1 Å². The number of carboxylic acid groups (broad SMARTS) is 1. The van der Waals surface area contributed by atoms with Crippen LogP contribution in [-0.2, 0) is 5.75 Å². The fraction of sp³-hybridized carbons (Fsp3) is 0.133. The molecule has 2 aromatic heterocycles. The molecule has 0 saturated heterocycles. The first-order valence-corrected chi connectivity index (χ1v) is 8.28. The number of hydrogen-bond donors (Lipinski definition) is 2. The number of aromatic amines is 1. The van der Waals surface area contributed by atoms with Gasteiger partial charge in [-0.1, -0.05) is 23.9 Å². The van der Waals surface area contributed by atoms with Crippen LogP contribution in [0.3, 0.4) is 0 Å². The summed E-state index contributed by atoms with van der Waals surface area (Å²) < 4.78 is 0. The van der Waals surface area contributed by atoms with Gasteiger partial charge >= 0.3 is 5.97 Å². The number of carboxylic acids is 1. The SMILES string of the molecule is Cc1cc2c(=O)[nH]c(SCc3cccc(C(=O)O)c3)nc2s1. The molecule has 0 unspecified atom stereocenters. The lowest BCUT2D eigenvalue weighted by Crippen LogP contribution is -2.07. The predicted octanol–water partition coefficient (Wildman–Crippen LogP) is 3.28. The van der Waals surface area contributed by atoms with Gasteiger partial charge in [0.05, 0.1) is 10.9 Å². The molecule has 0 amide bonds. The number of aryl methyl sites for hydroxylation is 1. The van der Waals surface area contributed by atoms with Gasteiger partial charge in [-0.2, -0.15) is 0 Å². The summed E-state index contributed by atoms with van der Waals surface area (Å²) in [6.07, 6.45) is 0. The van der Waals surface area contributed by atoms with Crippen LogP contribution < -0.4 is 5.56 Å². The number of carbonyl (C=O) groups is 1. The van der Waals surface area contributed by atoms with Crippen molar-refractivity contribution in [3.05, 3.63) is 56.7 Å². The number of rotatable bonds is 4. The first-order valence-electron chi connectivity index (χ1n) is 6.48. The fourth-order valence-corrected chi connectivity index (χ4v) is 3.79. The largest absolute Gasteiger partial charge is 0.478 e. The van der Waals surface area contributed by atoms with E-state index in [-0.39, 0.29) is 11.1 Å². The summed E-state index contributed by atoms with van der Waals surface area (Å²) in [6, 6.07) is 8.57. The minimum absolute atomic E-state index is 0.142. The quantitative estimate of drug-likeness (QED) is 0.566. The van der Waals surface area contributed by atoms with Crippen LogP contribution in [0, 0.1) is 6.92 Å².